The number of rotatable bonds is 5. The molecule has 3 N–H and O–H groups in total. The van der Waals surface area contributed by atoms with Gasteiger partial charge in [-0.15, -0.1) is 0 Å². The van der Waals surface area contributed by atoms with Crippen LogP contribution in [0.1, 0.15) is 35.3 Å². The summed E-state index contributed by atoms with van der Waals surface area (Å²) in [7, 11) is -3.93. The molecular weight excluding hydrogens is 426 g/mol. The van der Waals surface area contributed by atoms with Gasteiger partial charge in [0.2, 0.25) is 15.9 Å². The molecule has 0 saturated heterocycles. The topological polar surface area (TPSA) is 107 Å². The summed E-state index contributed by atoms with van der Waals surface area (Å²) in [6.07, 6.45) is -0.0428. The molecular formula is C21H22F2N4O3S. The molecule has 2 aromatic carbocycles. The van der Waals surface area contributed by atoms with Gasteiger partial charge < -0.3 is 5.32 Å². The second-order valence-corrected chi connectivity index (χ2v) is 9.60. The standard InChI is InChI=1S/C21H22F2N4O3S/c1-13-5-6-17-18(9-13)26-27(12-14-7-8-21(22,23)11-14)19(17)20(28)25-15-3-2-4-16(10-15)31(24,29)30/h2-6,9-10,14H,7-8,11-12H2,1H3,(H,25,28)(H2,24,29,30). The zero-order chi connectivity index (χ0) is 22.4. The highest BCUT2D eigenvalue weighted by molar-refractivity contribution is 7.89. The Kier molecular flexibility index (Phi) is 5.30. The minimum absolute atomic E-state index is 0.132. The molecule has 1 aromatic heterocycles. The van der Waals surface area contributed by atoms with E-state index >= 15 is 0 Å². The van der Waals surface area contributed by atoms with Crippen molar-refractivity contribution in [3.63, 3.8) is 0 Å². The Morgan fingerprint density at radius 2 is 2.06 bits per heavy atom. The van der Waals surface area contributed by atoms with E-state index in [0.29, 0.717) is 17.3 Å². The van der Waals surface area contributed by atoms with Gasteiger partial charge in [-0.25, -0.2) is 22.3 Å². The third kappa shape index (κ3) is 4.59. The number of primary sulfonamides is 1. The Balaban J connectivity index is 1.69. The summed E-state index contributed by atoms with van der Waals surface area (Å²) in [5.41, 5.74) is 2.04. The summed E-state index contributed by atoms with van der Waals surface area (Å²) in [4.78, 5) is 13.0. The molecule has 0 bridgehead atoms. The first-order valence-corrected chi connectivity index (χ1v) is 11.4. The molecule has 164 valence electrons. The summed E-state index contributed by atoms with van der Waals surface area (Å²) in [5.74, 6) is -3.49. The van der Waals surface area contributed by atoms with Gasteiger partial charge in [0.05, 0.1) is 10.4 Å². The molecule has 1 fully saturated rings. The summed E-state index contributed by atoms with van der Waals surface area (Å²) in [6.45, 7) is 2.10. The molecule has 0 aliphatic heterocycles. The maximum absolute atomic E-state index is 13.7. The average Bonchev–Trinajstić information content (AvgIpc) is 3.19. The number of anilines is 1. The lowest BCUT2D eigenvalue weighted by Gasteiger charge is -2.14. The number of carbonyl (C=O) groups is 1. The lowest BCUT2D eigenvalue weighted by Crippen LogP contribution is -2.21. The number of nitrogens with zero attached hydrogens (tertiary/aromatic N) is 2. The molecule has 0 radical (unpaired) electrons. The van der Waals surface area contributed by atoms with Crippen LogP contribution in [0.25, 0.3) is 10.9 Å². The number of carbonyl (C=O) groups excluding carboxylic acids is 1. The highest BCUT2D eigenvalue weighted by Crippen LogP contribution is 2.40. The number of alkyl halides is 2. The van der Waals surface area contributed by atoms with Gasteiger partial charge in [0.1, 0.15) is 5.69 Å². The Morgan fingerprint density at radius 1 is 1.29 bits per heavy atom. The van der Waals surface area contributed by atoms with Crippen LogP contribution < -0.4 is 10.5 Å². The summed E-state index contributed by atoms with van der Waals surface area (Å²) < 4.78 is 52.0. The smallest absolute Gasteiger partial charge is 0.274 e. The van der Waals surface area contributed by atoms with E-state index in [2.05, 4.69) is 10.4 Å². The number of sulfonamides is 1. The zero-order valence-corrected chi connectivity index (χ0v) is 17.6. The molecule has 1 unspecified atom stereocenters. The van der Waals surface area contributed by atoms with Crippen LogP contribution in [0.2, 0.25) is 0 Å². The first-order valence-electron chi connectivity index (χ1n) is 9.81. The third-order valence-electron chi connectivity index (χ3n) is 5.47. The van der Waals surface area contributed by atoms with Crippen molar-refractivity contribution in [2.75, 3.05) is 5.32 Å². The fourth-order valence-corrected chi connectivity index (χ4v) is 4.56. The van der Waals surface area contributed by atoms with Crippen molar-refractivity contribution in [3.8, 4) is 0 Å². The molecule has 1 atom stereocenters. The van der Waals surface area contributed by atoms with Gasteiger partial charge in [0, 0.05) is 30.5 Å². The lowest BCUT2D eigenvalue weighted by molar-refractivity contribution is 0.00422. The van der Waals surface area contributed by atoms with Crippen LogP contribution in [0.3, 0.4) is 0 Å². The third-order valence-corrected chi connectivity index (χ3v) is 6.38. The molecule has 1 heterocycles. The van der Waals surface area contributed by atoms with Gasteiger partial charge in [0.25, 0.3) is 5.91 Å². The predicted molar refractivity (Wildman–Crippen MR) is 113 cm³/mol. The van der Waals surface area contributed by atoms with E-state index in [-0.39, 0.29) is 41.6 Å². The predicted octanol–water partition coefficient (Wildman–Crippen LogP) is 3.68. The molecule has 10 heteroatoms. The minimum Gasteiger partial charge on any atom is -0.321 e. The van der Waals surface area contributed by atoms with E-state index in [1.807, 2.05) is 19.1 Å². The zero-order valence-electron chi connectivity index (χ0n) is 16.8. The summed E-state index contributed by atoms with van der Waals surface area (Å²) >= 11 is 0. The molecule has 1 aliphatic rings. The lowest BCUT2D eigenvalue weighted by atomic mass is 10.1. The van der Waals surface area contributed by atoms with Crippen molar-refractivity contribution in [1.82, 2.24) is 9.78 Å². The first kappa shape index (κ1) is 21.4. The molecule has 4 rings (SSSR count). The monoisotopic (exact) mass is 448 g/mol. The Labute approximate surface area is 178 Å². The molecule has 1 aliphatic carbocycles. The summed E-state index contributed by atoms with van der Waals surface area (Å²) in [6, 6.07) is 11.0. The van der Waals surface area contributed by atoms with Crippen molar-refractivity contribution < 1.29 is 22.0 Å². The van der Waals surface area contributed by atoms with Gasteiger partial charge in [-0.1, -0.05) is 18.2 Å². The SMILES string of the molecule is Cc1ccc2c(C(=O)Nc3cccc(S(N)(=O)=O)c3)n(CC3CCC(F)(F)C3)nc2c1. The number of amides is 1. The van der Waals surface area contributed by atoms with Crippen molar-refractivity contribution in [2.45, 2.75) is 43.5 Å². The molecule has 1 amide bonds. The van der Waals surface area contributed by atoms with Gasteiger partial charge in [-0.05, 0) is 49.1 Å². The Hall–Kier alpha value is -2.85. The van der Waals surface area contributed by atoms with Gasteiger partial charge in [-0.2, -0.15) is 5.10 Å². The second kappa shape index (κ2) is 7.69. The second-order valence-electron chi connectivity index (χ2n) is 8.04. The van der Waals surface area contributed by atoms with E-state index in [1.165, 1.54) is 28.9 Å². The van der Waals surface area contributed by atoms with Crippen molar-refractivity contribution >= 4 is 32.5 Å². The van der Waals surface area contributed by atoms with Crippen LogP contribution >= 0.6 is 0 Å². The van der Waals surface area contributed by atoms with E-state index in [9.17, 15) is 22.0 Å². The van der Waals surface area contributed by atoms with Crippen LogP contribution in [0.15, 0.2) is 47.4 Å². The van der Waals surface area contributed by atoms with Crippen LogP contribution in [0, 0.1) is 12.8 Å². The number of halogens is 2. The van der Waals surface area contributed by atoms with Gasteiger partial charge in [-0.3, -0.25) is 9.48 Å². The summed E-state index contributed by atoms with van der Waals surface area (Å²) in [5, 5.41) is 12.9. The minimum atomic E-state index is -3.93. The number of aryl methyl sites for hydroxylation is 1. The number of hydrogen-bond donors (Lipinski definition) is 2. The van der Waals surface area contributed by atoms with E-state index in [1.54, 1.807) is 6.07 Å². The van der Waals surface area contributed by atoms with E-state index in [4.69, 9.17) is 5.14 Å². The fraction of sp³-hybridized carbons (Fsp3) is 0.333. The molecule has 7 nitrogen and oxygen atoms in total. The highest BCUT2D eigenvalue weighted by atomic mass is 32.2. The first-order chi connectivity index (χ1) is 14.5. The van der Waals surface area contributed by atoms with Crippen LogP contribution in [0.5, 0.6) is 0 Å². The Morgan fingerprint density at radius 3 is 2.74 bits per heavy atom. The number of aromatic nitrogens is 2. The molecule has 1 saturated carbocycles. The van der Waals surface area contributed by atoms with Crippen LogP contribution in [0.4, 0.5) is 14.5 Å². The quantitative estimate of drug-likeness (QED) is 0.621. The number of nitrogens with one attached hydrogen (secondary N) is 1. The normalized spacial score (nSPS) is 18.4. The highest BCUT2D eigenvalue weighted by Gasteiger charge is 2.40. The number of fused-ring (bicyclic) bond motifs is 1. The fourth-order valence-electron chi connectivity index (χ4n) is 4.00. The largest absolute Gasteiger partial charge is 0.321 e. The average molecular weight is 448 g/mol. The van der Waals surface area contributed by atoms with E-state index < -0.39 is 21.9 Å². The van der Waals surface area contributed by atoms with Gasteiger partial charge >= 0.3 is 0 Å². The number of nitrogens with two attached hydrogens (primary N) is 1. The molecule has 3 aromatic rings. The number of hydrogen-bond acceptors (Lipinski definition) is 4. The van der Waals surface area contributed by atoms with Crippen molar-refractivity contribution in [1.29, 1.82) is 0 Å². The van der Waals surface area contributed by atoms with Crippen molar-refractivity contribution in [2.24, 2.45) is 11.1 Å². The maximum Gasteiger partial charge on any atom is 0.274 e. The molecule has 31 heavy (non-hydrogen) atoms. The Bertz CT molecular complexity index is 1270. The molecule has 0 spiro atoms. The van der Waals surface area contributed by atoms with Crippen LogP contribution in [-0.2, 0) is 16.6 Å². The number of benzene rings is 2. The van der Waals surface area contributed by atoms with E-state index in [0.717, 1.165) is 5.56 Å². The van der Waals surface area contributed by atoms with Gasteiger partial charge in [0.15, 0.2) is 0 Å². The van der Waals surface area contributed by atoms with Crippen molar-refractivity contribution in [3.05, 3.63) is 53.7 Å². The van der Waals surface area contributed by atoms with Crippen LogP contribution in [-0.4, -0.2) is 30.0 Å². The maximum atomic E-state index is 13.7.